The van der Waals surface area contributed by atoms with E-state index in [1.807, 2.05) is 0 Å². The zero-order chi connectivity index (χ0) is 11.4. The van der Waals surface area contributed by atoms with Crippen LogP contribution in [0.25, 0.3) is 0 Å². The van der Waals surface area contributed by atoms with Crippen LogP contribution < -0.4 is 0 Å². The number of carbonyl (C=O) groups excluding carboxylic acids is 1. The fourth-order valence-electron chi connectivity index (χ4n) is 1.25. The first-order valence-corrected chi connectivity index (χ1v) is 4.50. The van der Waals surface area contributed by atoms with Crippen LogP contribution >= 0.6 is 0 Å². The summed E-state index contributed by atoms with van der Waals surface area (Å²) in [5.74, 6) is 4.93. The highest BCUT2D eigenvalue weighted by Gasteiger charge is 2.08. The van der Waals surface area contributed by atoms with Gasteiger partial charge in [-0.1, -0.05) is 11.8 Å². The van der Waals surface area contributed by atoms with Gasteiger partial charge in [0, 0.05) is 5.56 Å². The first-order chi connectivity index (χ1) is 7.06. The molecule has 0 aromatic heterocycles. The van der Waals surface area contributed by atoms with Gasteiger partial charge in [0.1, 0.15) is 12.4 Å². The number of aryl methyl sites for hydroxylation is 1. The number of carbonyl (C=O) groups is 1. The lowest BCUT2D eigenvalue weighted by Crippen LogP contribution is -1.95. The van der Waals surface area contributed by atoms with Crippen molar-refractivity contribution >= 4 is 5.78 Å². The second-order valence-electron chi connectivity index (χ2n) is 3.20. The Morgan fingerprint density at radius 2 is 2.13 bits per heavy atom. The van der Waals surface area contributed by atoms with Crippen molar-refractivity contribution in [3.05, 3.63) is 28.8 Å². The molecule has 0 saturated carbocycles. The van der Waals surface area contributed by atoms with Crippen molar-refractivity contribution in [3.63, 3.8) is 0 Å². The number of aromatic hydroxyl groups is 1. The van der Waals surface area contributed by atoms with E-state index in [9.17, 15) is 9.90 Å². The van der Waals surface area contributed by atoms with Crippen LogP contribution in [0.4, 0.5) is 0 Å². The van der Waals surface area contributed by atoms with E-state index in [0.29, 0.717) is 11.1 Å². The molecule has 0 atom stereocenters. The van der Waals surface area contributed by atoms with Gasteiger partial charge in [0.05, 0.1) is 5.56 Å². The Morgan fingerprint density at radius 1 is 1.47 bits per heavy atom. The third-order valence-electron chi connectivity index (χ3n) is 2.02. The van der Waals surface area contributed by atoms with E-state index in [1.54, 1.807) is 13.0 Å². The Bertz CT molecular complexity index is 450. The Kier molecular flexibility index (Phi) is 3.48. The molecule has 3 nitrogen and oxygen atoms in total. The van der Waals surface area contributed by atoms with Crippen LogP contribution in [-0.4, -0.2) is 22.6 Å². The van der Waals surface area contributed by atoms with E-state index in [1.165, 1.54) is 13.0 Å². The summed E-state index contributed by atoms with van der Waals surface area (Å²) < 4.78 is 0. The normalized spacial score (nSPS) is 9.27. The van der Waals surface area contributed by atoms with Gasteiger partial charge in [-0.3, -0.25) is 4.79 Å². The van der Waals surface area contributed by atoms with Gasteiger partial charge in [0.2, 0.25) is 0 Å². The van der Waals surface area contributed by atoms with Crippen molar-refractivity contribution in [2.45, 2.75) is 13.8 Å². The largest absolute Gasteiger partial charge is 0.507 e. The number of phenols is 1. The van der Waals surface area contributed by atoms with E-state index >= 15 is 0 Å². The van der Waals surface area contributed by atoms with Gasteiger partial charge in [-0.15, -0.1) is 0 Å². The predicted octanol–water partition coefficient (Wildman–Crippen LogP) is 1.25. The molecule has 2 N–H and O–H groups in total. The molecular weight excluding hydrogens is 192 g/mol. The number of phenolic OH excluding ortho intramolecular Hbond substituents is 1. The lowest BCUT2D eigenvalue weighted by molar-refractivity contribution is 0.101. The molecular formula is C12H12O3. The maximum absolute atomic E-state index is 11.1. The Balaban J connectivity index is 3.25. The average molecular weight is 204 g/mol. The van der Waals surface area contributed by atoms with Crippen LogP contribution in [0.15, 0.2) is 12.1 Å². The summed E-state index contributed by atoms with van der Waals surface area (Å²) >= 11 is 0. The summed E-state index contributed by atoms with van der Waals surface area (Å²) in [7, 11) is 0. The molecule has 0 saturated heterocycles. The SMILES string of the molecule is CC(=O)c1cc(C)c(C#CCO)cc1O. The van der Waals surface area contributed by atoms with Crippen molar-refractivity contribution < 1.29 is 15.0 Å². The van der Waals surface area contributed by atoms with E-state index in [4.69, 9.17) is 5.11 Å². The van der Waals surface area contributed by atoms with E-state index in [0.717, 1.165) is 5.56 Å². The minimum Gasteiger partial charge on any atom is -0.507 e. The molecule has 1 aromatic carbocycles. The highest BCUT2D eigenvalue weighted by Crippen LogP contribution is 2.22. The number of rotatable bonds is 1. The fourth-order valence-corrected chi connectivity index (χ4v) is 1.25. The molecule has 0 unspecified atom stereocenters. The number of ketones is 1. The zero-order valence-electron chi connectivity index (χ0n) is 8.66. The fraction of sp³-hybridized carbons (Fsp3) is 0.250. The second-order valence-corrected chi connectivity index (χ2v) is 3.20. The molecule has 3 heteroatoms. The van der Waals surface area contributed by atoms with E-state index in [-0.39, 0.29) is 18.1 Å². The minimum absolute atomic E-state index is 0.0738. The highest BCUT2D eigenvalue weighted by atomic mass is 16.3. The summed E-state index contributed by atoms with van der Waals surface area (Å²) in [4.78, 5) is 11.1. The van der Waals surface area contributed by atoms with Gasteiger partial charge < -0.3 is 10.2 Å². The van der Waals surface area contributed by atoms with Gasteiger partial charge in [0.15, 0.2) is 5.78 Å². The van der Waals surface area contributed by atoms with Crippen LogP contribution in [0.3, 0.4) is 0 Å². The summed E-state index contributed by atoms with van der Waals surface area (Å²) in [5.41, 5.74) is 1.72. The summed E-state index contributed by atoms with van der Waals surface area (Å²) in [6.07, 6.45) is 0. The second kappa shape index (κ2) is 4.63. The zero-order valence-corrected chi connectivity index (χ0v) is 8.66. The molecule has 0 aliphatic carbocycles. The number of hydrogen-bond acceptors (Lipinski definition) is 3. The molecule has 0 spiro atoms. The topological polar surface area (TPSA) is 57.5 Å². The monoisotopic (exact) mass is 204 g/mol. The van der Waals surface area contributed by atoms with Crippen molar-refractivity contribution in [1.29, 1.82) is 0 Å². The number of benzene rings is 1. The molecule has 78 valence electrons. The maximum atomic E-state index is 11.1. The molecule has 0 aliphatic heterocycles. The third kappa shape index (κ3) is 2.58. The third-order valence-corrected chi connectivity index (χ3v) is 2.02. The maximum Gasteiger partial charge on any atom is 0.163 e. The Morgan fingerprint density at radius 3 is 2.67 bits per heavy atom. The van der Waals surface area contributed by atoms with Crippen LogP contribution in [0.1, 0.15) is 28.4 Å². The molecule has 0 fully saturated rings. The minimum atomic E-state index is -0.228. The molecule has 1 rings (SSSR count). The van der Waals surface area contributed by atoms with Crippen LogP contribution in [0, 0.1) is 18.8 Å². The van der Waals surface area contributed by atoms with Gasteiger partial charge in [-0.2, -0.15) is 0 Å². The molecule has 1 aromatic rings. The van der Waals surface area contributed by atoms with Crippen molar-refractivity contribution in [2.24, 2.45) is 0 Å². The number of hydrogen-bond donors (Lipinski definition) is 2. The van der Waals surface area contributed by atoms with Crippen LogP contribution in [-0.2, 0) is 0 Å². The summed E-state index contributed by atoms with van der Waals surface area (Å²) in [5, 5.41) is 18.1. The molecule has 0 bridgehead atoms. The first-order valence-electron chi connectivity index (χ1n) is 4.50. The Labute approximate surface area is 88.4 Å². The summed E-state index contributed by atoms with van der Waals surface area (Å²) in [6, 6.07) is 3.04. The predicted molar refractivity (Wildman–Crippen MR) is 56.8 cm³/mol. The van der Waals surface area contributed by atoms with Crippen LogP contribution in [0.2, 0.25) is 0 Å². The number of aliphatic hydroxyl groups is 1. The molecule has 0 radical (unpaired) electrons. The van der Waals surface area contributed by atoms with Gasteiger partial charge in [0.25, 0.3) is 0 Å². The molecule has 0 amide bonds. The first kappa shape index (κ1) is 11.3. The number of aliphatic hydroxyl groups excluding tert-OH is 1. The van der Waals surface area contributed by atoms with Crippen molar-refractivity contribution in [2.75, 3.05) is 6.61 Å². The highest BCUT2D eigenvalue weighted by molar-refractivity contribution is 5.97. The summed E-state index contributed by atoms with van der Waals surface area (Å²) in [6.45, 7) is 2.97. The molecule has 0 aliphatic rings. The smallest absolute Gasteiger partial charge is 0.163 e. The van der Waals surface area contributed by atoms with Crippen molar-refractivity contribution in [3.8, 4) is 17.6 Å². The van der Waals surface area contributed by atoms with E-state index in [2.05, 4.69) is 11.8 Å². The lowest BCUT2D eigenvalue weighted by Gasteiger charge is -2.04. The molecule has 0 heterocycles. The number of Topliss-reactive ketones (excluding diaryl/α,β-unsaturated/α-hetero) is 1. The average Bonchev–Trinajstić information content (AvgIpc) is 2.18. The van der Waals surface area contributed by atoms with Crippen molar-refractivity contribution in [1.82, 2.24) is 0 Å². The van der Waals surface area contributed by atoms with E-state index < -0.39 is 0 Å². The van der Waals surface area contributed by atoms with Gasteiger partial charge in [-0.05, 0) is 31.5 Å². The van der Waals surface area contributed by atoms with Gasteiger partial charge >= 0.3 is 0 Å². The quantitative estimate of drug-likeness (QED) is 0.534. The molecule has 15 heavy (non-hydrogen) atoms. The van der Waals surface area contributed by atoms with Gasteiger partial charge in [-0.25, -0.2) is 0 Å². The van der Waals surface area contributed by atoms with Crippen LogP contribution in [0.5, 0.6) is 5.75 Å². The lowest BCUT2D eigenvalue weighted by atomic mass is 10.0. The Hall–Kier alpha value is -1.79. The standard InChI is InChI=1S/C12H12O3/c1-8-6-11(9(2)14)12(15)7-10(8)4-3-5-13/h6-7,13,15H,5H2,1-2H3.